The Kier molecular flexibility index (Phi) is 7.33. The van der Waals surface area contributed by atoms with Crippen molar-refractivity contribution in [2.75, 3.05) is 11.9 Å². The van der Waals surface area contributed by atoms with Gasteiger partial charge in [0.1, 0.15) is 0 Å². The lowest BCUT2D eigenvalue weighted by Crippen LogP contribution is -2.31. The quantitative estimate of drug-likeness (QED) is 0.563. The molecule has 3 aromatic carbocycles. The molecule has 0 heterocycles. The zero-order chi connectivity index (χ0) is 21.2. The number of rotatable bonds is 8. The van der Waals surface area contributed by atoms with E-state index < -0.39 is 24.5 Å². The van der Waals surface area contributed by atoms with Crippen molar-refractivity contribution in [3.63, 3.8) is 0 Å². The molecule has 3 aromatic rings. The van der Waals surface area contributed by atoms with Crippen LogP contribution in [0.2, 0.25) is 0 Å². The van der Waals surface area contributed by atoms with Crippen LogP contribution >= 0.6 is 0 Å². The van der Waals surface area contributed by atoms with Gasteiger partial charge < -0.3 is 15.4 Å². The van der Waals surface area contributed by atoms with Gasteiger partial charge in [-0.05, 0) is 29.8 Å². The standard InChI is InChI=1S/C24H22N2O4/c27-22(25-20-14-8-3-9-15-20)17-30-23(28)16-21(18-10-4-1-5-11-18)26-24(29)19-12-6-2-7-13-19/h1-15,21H,16-17H2,(H,25,27)(H,26,29)/t21-/m0/s1. The third-order valence-corrected chi connectivity index (χ3v) is 4.34. The molecule has 0 aliphatic carbocycles. The second kappa shape index (κ2) is 10.6. The van der Waals surface area contributed by atoms with Crippen LogP contribution in [0, 0.1) is 0 Å². The first kappa shape index (κ1) is 20.8. The van der Waals surface area contributed by atoms with Crippen LogP contribution in [0.3, 0.4) is 0 Å². The van der Waals surface area contributed by atoms with Gasteiger partial charge >= 0.3 is 5.97 Å². The minimum Gasteiger partial charge on any atom is -0.455 e. The molecule has 0 radical (unpaired) electrons. The van der Waals surface area contributed by atoms with Gasteiger partial charge in [-0.2, -0.15) is 0 Å². The van der Waals surface area contributed by atoms with Crippen molar-refractivity contribution < 1.29 is 19.1 Å². The van der Waals surface area contributed by atoms with Gasteiger partial charge in [0.2, 0.25) is 0 Å². The second-order valence-corrected chi connectivity index (χ2v) is 6.58. The highest BCUT2D eigenvalue weighted by atomic mass is 16.5. The van der Waals surface area contributed by atoms with Gasteiger partial charge in [-0.25, -0.2) is 0 Å². The molecule has 3 rings (SSSR count). The van der Waals surface area contributed by atoms with E-state index in [-0.39, 0.29) is 12.3 Å². The monoisotopic (exact) mass is 402 g/mol. The molecule has 6 heteroatoms. The second-order valence-electron chi connectivity index (χ2n) is 6.58. The Morgan fingerprint density at radius 2 is 1.33 bits per heavy atom. The van der Waals surface area contributed by atoms with Crippen LogP contribution in [0.1, 0.15) is 28.4 Å². The molecule has 0 aliphatic heterocycles. The number of hydrogen-bond donors (Lipinski definition) is 2. The van der Waals surface area contributed by atoms with E-state index in [1.807, 2.05) is 42.5 Å². The van der Waals surface area contributed by atoms with Crippen LogP contribution < -0.4 is 10.6 Å². The average molecular weight is 402 g/mol. The van der Waals surface area contributed by atoms with Crippen LogP contribution in [0.15, 0.2) is 91.0 Å². The van der Waals surface area contributed by atoms with Gasteiger partial charge in [-0.3, -0.25) is 14.4 Å². The smallest absolute Gasteiger partial charge is 0.308 e. The van der Waals surface area contributed by atoms with Crippen molar-refractivity contribution in [1.82, 2.24) is 5.32 Å². The molecular weight excluding hydrogens is 380 g/mol. The van der Waals surface area contributed by atoms with Crippen molar-refractivity contribution in [1.29, 1.82) is 0 Å². The summed E-state index contributed by atoms with van der Waals surface area (Å²) in [5.41, 5.74) is 1.89. The molecule has 0 saturated carbocycles. The minimum absolute atomic E-state index is 0.0960. The third kappa shape index (κ3) is 6.31. The van der Waals surface area contributed by atoms with Crippen LogP contribution in [0.25, 0.3) is 0 Å². The van der Waals surface area contributed by atoms with Crippen LogP contribution in [0.4, 0.5) is 5.69 Å². The molecule has 0 spiro atoms. The predicted molar refractivity (Wildman–Crippen MR) is 114 cm³/mol. The fraction of sp³-hybridized carbons (Fsp3) is 0.125. The van der Waals surface area contributed by atoms with E-state index in [0.29, 0.717) is 11.3 Å². The topological polar surface area (TPSA) is 84.5 Å². The lowest BCUT2D eigenvalue weighted by molar-refractivity contribution is -0.147. The summed E-state index contributed by atoms with van der Waals surface area (Å²) in [6, 6.07) is 26.2. The first-order chi connectivity index (χ1) is 14.6. The van der Waals surface area contributed by atoms with E-state index in [0.717, 1.165) is 5.56 Å². The third-order valence-electron chi connectivity index (χ3n) is 4.34. The molecule has 2 amide bonds. The summed E-state index contributed by atoms with van der Waals surface area (Å²) in [5, 5.41) is 5.52. The summed E-state index contributed by atoms with van der Waals surface area (Å²) in [5.74, 6) is -1.31. The van der Waals surface area contributed by atoms with Crippen LogP contribution in [0.5, 0.6) is 0 Å². The van der Waals surface area contributed by atoms with Gasteiger partial charge in [0.25, 0.3) is 11.8 Å². The zero-order valence-corrected chi connectivity index (χ0v) is 16.3. The number of anilines is 1. The molecule has 0 fully saturated rings. The van der Waals surface area contributed by atoms with Crippen molar-refractivity contribution in [2.24, 2.45) is 0 Å². The number of amides is 2. The van der Waals surface area contributed by atoms with Crippen LogP contribution in [-0.2, 0) is 14.3 Å². The highest BCUT2D eigenvalue weighted by Crippen LogP contribution is 2.18. The maximum absolute atomic E-state index is 12.6. The highest BCUT2D eigenvalue weighted by molar-refractivity contribution is 5.95. The number of benzene rings is 3. The minimum atomic E-state index is -0.583. The first-order valence-corrected chi connectivity index (χ1v) is 9.53. The lowest BCUT2D eigenvalue weighted by atomic mass is 10.0. The maximum Gasteiger partial charge on any atom is 0.308 e. The predicted octanol–water partition coefficient (Wildman–Crippen LogP) is 3.73. The largest absolute Gasteiger partial charge is 0.455 e. The molecule has 2 N–H and O–H groups in total. The Morgan fingerprint density at radius 1 is 0.767 bits per heavy atom. The van der Waals surface area contributed by atoms with Crippen LogP contribution in [-0.4, -0.2) is 24.4 Å². The molecule has 0 saturated heterocycles. The van der Waals surface area contributed by atoms with E-state index >= 15 is 0 Å². The van der Waals surface area contributed by atoms with Gasteiger partial charge in [-0.1, -0.05) is 66.7 Å². The zero-order valence-electron chi connectivity index (χ0n) is 16.3. The van der Waals surface area contributed by atoms with Gasteiger partial charge in [0, 0.05) is 11.3 Å². The fourth-order valence-electron chi connectivity index (χ4n) is 2.86. The van der Waals surface area contributed by atoms with Crippen molar-refractivity contribution in [2.45, 2.75) is 12.5 Å². The number of para-hydroxylation sites is 1. The summed E-state index contributed by atoms with van der Waals surface area (Å²) >= 11 is 0. The van der Waals surface area contributed by atoms with E-state index in [4.69, 9.17) is 4.74 Å². The Hall–Kier alpha value is -3.93. The summed E-state index contributed by atoms with van der Waals surface area (Å²) in [6.45, 7) is -0.401. The van der Waals surface area contributed by atoms with Crippen molar-refractivity contribution >= 4 is 23.5 Å². The Bertz CT molecular complexity index is 976. The summed E-state index contributed by atoms with van der Waals surface area (Å²) < 4.78 is 5.11. The Morgan fingerprint density at radius 3 is 1.97 bits per heavy atom. The van der Waals surface area contributed by atoms with Gasteiger partial charge in [0.05, 0.1) is 12.5 Å². The maximum atomic E-state index is 12.6. The fourth-order valence-corrected chi connectivity index (χ4v) is 2.86. The normalized spacial score (nSPS) is 11.2. The molecule has 6 nitrogen and oxygen atoms in total. The summed E-state index contributed by atoms with van der Waals surface area (Å²) in [7, 11) is 0. The molecule has 0 aliphatic rings. The lowest BCUT2D eigenvalue weighted by Gasteiger charge is -2.19. The Balaban J connectivity index is 1.59. The SMILES string of the molecule is O=C(COC(=O)C[C@H](NC(=O)c1ccccc1)c1ccccc1)Nc1ccccc1. The van der Waals surface area contributed by atoms with E-state index in [2.05, 4.69) is 10.6 Å². The number of ether oxygens (including phenoxy) is 1. The number of esters is 1. The van der Waals surface area contributed by atoms with E-state index in [9.17, 15) is 14.4 Å². The number of hydrogen-bond acceptors (Lipinski definition) is 4. The van der Waals surface area contributed by atoms with Crippen molar-refractivity contribution in [3.05, 3.63) is 102 Å². The molecular formula is C24H22N2O4. The molecule has 0 aromatic heterocycles. The van der Waals surface area contributed by atoms with E-state index in [1.54, 1.807) is 48.5 Å². The van der Waals surface area contributed by atoms with Gasteiger partial charge in [-0.15, -0.1) is 0 Å². The van der Waals surface area contributed by atoms with Gasteiger partial charge in [0.15, 0.2) is 6.61 Å². The first-order valence-electron chi connectivity index (χ1n) is 9.53. The number of carbonyl (C=O) groups excluding carboxylic acids is 3. The van der Waals surface area contributed by atoms with E-state index in [1.165, 1.54) is 0 Å². The molecule has 30 heavy (non-hydrogen) atoms. The number of nitrogens with one attached hydrogen (secondary N) is 2. The average Bonchev–Trinajstić information content (AvgIpc) is 2.79. The molecule has 0 bridgehead atoms. The Labute approximate surface area is 174 Å². The summed E-state index contributed by atoms with van der Waals surface area (Å²) in [4.78, 5) is 36.9. The molecule has 152 valence electrons. The molecule has 0 unspecified atom stereocenters. The highest BCUT2D eigenvalue weighted by Gasteiger charge is 2.20. The van der Waals surface area contributed by atoms with Crippen molar-refractivity contribution in [3.8, 4) is 0 Å². The summed E-state index contributed by atoms with van der Waals surface area (Å²) in [6.07, 6.45) is -0.0960. The molecule has 1 atom stereocenters. The number of carbonyl (C=O) groups is 3.